The molecule has 0 aromatic heterocycles. The molecule has 3 N–H and O–H groups in total. The molecule has 0 aromatic carbocycles. The van der Waals surface area contributed by atoms with Crippen LogP contribution in [0.25, 0.3) is 0 Å². The molecule has 0 aliphatic carbocycles. The molecule has 0 saturated carbocycles. The van der Waals surface area contributed by atoms with E-state index in [1.165, 1.54) is 83.5 Å². The Morgan fingerprint density at radius 1 is 0.650 bits per heavy atom. The minimum Gasteiger partial charge on any atom is -0.462 e. The fourth-order valence-electron chi connectivity index (χ4n) is 4.34. The van der Waals surface area contributed by atoms with E-state index in [9.17, 15) is 19.0 Å². The average molecular weight is 594 g/mol. The van der Waals surface area contributed by atoms with E-state index in [0.29, 0.717) is 12.8 Å². The monoisotopic (exact) mass is 593 g/mol. The molecule has 0 aromatic rings. The first-order valence-electron chi connectivity index (χ1n) is 16.0. The first-order chi connectivity index (χ1) is 19.3. The van der Waals surface area contributed by atoms with Crippen LogP contribution in [-0.4, -0.2) is 49.3 Å². The second-order valence-corrected chi connectivity index (χ2v) is 12.1. The number of hydrogen-bond donors (Lipinski definition) is 2. The molecule has 0 fully saturated rings. The maximum Gasteiger partial charge on any atom is 0.472 e. The van der Waals surface area contributed by atoms with Crippen LogP contribution in [-0.2, 0) is 32.7 Å². The van der Waals surface area contributed by atoms with Crippen molar-refractivity contribution in [2.75, 3.05) is 26.4 Å². The van der Waals surface area contributed by atoms with Gasteiger partial charge in [-0.2, -0.15) is 0 Å². The predicted molar refractivity (Wildman–Crippen MR) is 160 cm³/mol. The first kappa shape index (κ1) is 39.0. The number of phosphoric ester groups is 1. The van der Waals surface area contributed by atoms with Gasteiger partial charge in [-0.1, -0.05) is 123 Å². The van der Waals surface area contributed by atoms with Gasteiger partial charge in [-0.15, -0.1) is 0 Å². The van der Waals surface area contributed by atoms with Crippen molar-refractivity contribution in [3.05, 3.63) is 0 Å². The lowest BCUT2D eigenvalue weighted by atomic mass is 10.0. The summed E-state index contributed by atoms with van der Waals surface area (Å²) in [7, 11) is -4.34. The third kappa shape index (κ3) is 27.2. The first-order valence-corrected chi connectivity index (χ1v) is 17.5. The molecule has 0 heterocycles. The standard InChI is InChI=1S/C30H60NO8P/c1-3-5-7-8-9-10-11-12-13-14-15-16-17-18-19-21-23-30(33)39-28(26-36-29(32)22-20-6-4-2)27-38-40(34,35)37-25-24-31/h28H,3-27,31H2,1-2H3,(H,34,35). The van der Waals surface area contributed by atoms with Gasteiger partial charge in [0, 0.05) is 19.4 Å². The fraction of sp³-hybridized carbons (Fsp3) is 0.933. The number of rotatable bonds is 30. The van der Waals surface area contributed by atoms with Gasteiger partial charge < -0.3 is 20.1 Å². The van der Waals surface area contributed by atoms with E-state index >= 15 is 0 Å². The van der Waals surface area contributed by atoms with Crippen LogP contribution in [0.5, 0.6) is 0 Å². The number of unbranched alkanes of at least 4 members (excludes halogenated alkanes) is 17. The molecule has 0 bridgehead atoms. The van der Waals surface area contributed by atoms with Gasteiger partial charge >= 0.3 is 19.8 Å². The van der Waals surface area contributed by atoms with Gasteiger partial charge in [0.05, 0.1) is 13.2 Å². The van der Waals surface area contributed by atoms with Crippen LogP contribution in [0, 0.1) is 0 Å². The SMILES string of the molecule is CCCCCCCCCCCCCCCCCCC(=O)OC(COC(=O)CCCCC)COP(=O)(O)OCCN. The predicted octanol–water partition coefficient (Wildman–Crippen LogP) is 7.77. The molecule has 238 valence electrons. The van der Waals surface area contributed by atoms with Crippen LogP contribution in [0.2, 0.25) is 0 Å². The summed E-state index contributed by atoms with van der Waals surface area (Å²) in [6, 6.07) is 0. The van der Waals surface area contributed by atoms with Crippen molar-refractivity contribution >= 4 is 19.8 Å². The van der Waals surface area contributed by atoms with Crippen molar-refractivity contribution in [1.82, 2.24) is 0 Å². The lowest BCUT2D eigenvalue weighted by molar-refractivity contribution is -0.161. The quantitative estimate of drug-likeness (QED) is 0.0486. The molecule has 0 spiro atoms. The van der Waals surface area contributed by atoms with Gasteiger partial charge in [-0.3, -0.25) is 18.6 Å². The van der Waals surface area contributed by atoms with E-state index in [1.807, 2.05) is 6.92 Å². The summed E-state index contributed by atoms with van der Waals surface area (Å²) < 4.78 is 32.2. The molecule has 40 heavy (non-hydrogen) atoms. The van der Waals surface area contributed by atoms with Crippen LogP contribution < -0.4 is 5.73 Å². The van der Waals surface area contributed by atoms with Gasteiger partial charge in [0.2, 0.25) is 0 Å². The zero-order valence-corrected chi connectivity index (χ0v) is 26.5. The summed E-state index contributed by atoms with van der Waals surface area (Å²) in [5, 5.41) is 0. The summed E-state index contributed by atoms with van der Waals surface area (Å²) in [5.41, 5.74) is 5.28. The Bertz CT molecular complexity index is 649. The minimum absolute atomic E-state index is 0.0566. The number of phosphoric acid groups is 1. The Hall–Kier alpha value is -0.990. The Morgan fingerprint density at radius 2 is 1.07 bits per heavy atom. The van der Waals surface area contributed by atoms with Crippen molar-refractivity contribution in [2.24, 2.45) is 5.73 Å². The molecule has 2 atom stereocenters. The molecule has 0 rings (SSSR count). The summed E-state index contributed by atoms with van der Waals surface area (Å²) in [5.74, 6) is -0.851. The largest absolute Gasteiger partial charge is 0.472 e. The van der Waals surface area contributed by atoms with E-state index in [0.717, 1.165) is 25.7 Å². The van der Waals surface area contributed by atoms with Crippen LogP contribution >= 0.6 is 7.82 Å². The van der Waals surface area contributed by atoms with Crippen LogP contribution in [0.4, 0.5) is 0 Å². The zero-order valence-electron chi connectivity index (χ0n) is 25.6. The van der Waals surface area contributed by atoms with Gasteiger partial charge in [0.1, 0.15) is 6.61 Å². The van der Waals surface area contributed by atoms with Gasteiger partial charge in [0.15, 0.2) is 6.10 Å². The van der Waals surface area contributed by atoms with Gasteiger partial charge in [-0.05, 0) is 12.8 Å². The number of ether oxygens (including phenoxy) is 2. The summed E-state index contributed by atoms with van der Waals surface area (Å²) in [6.07, 6.45) is 22.2. The molecule has 0 saturated heterocycles. The highest BCUT2D eigenvalue weighted by Gasteiger charge is 2.25. The van der Waals surface area contributed by atoms with Crippen LogP contribution in [0.15, 0.2) is 0 Å². The number of esters is 2. The molecule has 10 heteroatoms. The van der Waals surface area contributed by atoms with E-state index in [4.69, 9.17) is 24.3 Å². The Morgan fingerprint density at radius 3 is 1.57 bits per heavy atom. The normalized spacial score (nSPS) is 13.6. The average Bonchev–Trinajstić information content (AvgIpc) is 2.93. The molecule has 0 radical (unpaired) electrons. The summed E-state index contributed by atoms with van der Waals surface area (Å²) >= 11 is 0. The maximum atomic E-state index is 12.4. The highest BCUT2D eigenvalue weighted by molar-refractivity contribution is 7.47. The number of hydrogen-bond acceptors (Lipinski definition) is 8. The molecule has 0 amide bonds. The van der Waals surface area contributed by atoms with Crippen LogP contribution in [0.1, 0.15) is 149 Å². The van der Waals surface area contributed by atoms with Gasteiger partial charge in [0.25, 0.3) is 0 Å². The lowest BCUT2D eigenvalue weighted by Gasteiger charge is -2.19. The zero-order chi connectivity index (χ0) is 29.7. The summed E-state index contributed by atoms with van der Waals surface area (Å²) in [4.78, 5) is 34.0. The third-order valence-corrected chi connectivity index (χ3v) is 7.73. The van der Waals surface area contributed by atoms with Crippen molar-refractivity contribution in [1.29, 1.82) is 0 Å². The van der Waals surface area contributed by atoms with E-state index in [2.05, 4.69) is 6.92 Å². The number of nitrogens with two attached hydrogens (primary N) is 1. The minimum atomic E-state index is -4.34. The molecule has 0 aliphatic rings. The van der Waals surface area contributed by atoms with Crippen molar-refractivity contribution < 1.29 is 37.6 Å². The lowest BCUT2D eigenvalue weighted by Crippen LogP contribution is -2.29. The number of carbonyl (C=O) groups excluding carboxylic acids is 2. The van der Waals surface area contributed by atoms with Crippen molar-refractivity contribution in [3.63, 3.8) is 0 Å². The Kier molecular flexibility index (Phi) is 27.4. The molecular formula is C30H60NO8P. The van der Waals surface area contributed by atoms with Crippen LogP contribution in [0.3, 0.4) is 0 Å². The smallest absolute Gasteiger partial charge is 0.462 e. The third-order valence-electron chi connectivity index (χ3n) is 6.74. The summed E-state index contributed by atoms with van der Waals surface area (Å²) in [6.45, 7) is 3.54. The topological polar surface area (TPSA) is 134 Å². The van der Waals surface area contributed by atoms with E-state index in [1.54, 1.807) is 0 Å². The maximum absolute atomic E-state index is 12.4. The van der Waals surface area contributed by atoms with Crippen molar-refractivity contribution in [3.8, 4) is 0 Å². The molecule has 0 aliphatic heterocycles. The second-order valence-electron chi connectivity index (χ2n) is 10.7. The second kappa shape index (κ2) is 28.1. The fourth-order valence-corrected chi connectivity index (χ4v) is 5.10. The highest BCUT2D eigenvalue weighted by atomic mass is 31.2. The molecular weight excluding hydrogens is 533 g/mol. The molecule has 9 nitrogen and oxygen atoms in total. The highest BCUT2D eigenvalue weighted by Crippen LogP contribution is 2.43. The number of carbonyl (C=O) groups is 2. The Balaban J connectivity index is 4.05. The van der Waals surface area contributed by atoms with E-state index < -0.39 is 32.5 Å². The van der Waals surface area contributed by atoms with Crippen molar-refractivity contribution in [2.45, 2.75) is 155 Å². The Labute approximate surface area is 244 Å². The van der Waals surface area contributed by atoms with E-state index in [-0.39, 0.29) is 32.6 Å². The molecule has 2 unspecified atom stereocenters. The van der Waals surface area contributed by atoms with Gasteiger partial charge in [-0.25, -0.2) is 4.57 Å².